The van der Waals surface area contributed by atoms with Gasteiger partial charge >= 0.3 is 0 Å². The molecule has 3 aromatic rings. The highest BCUT2D eigenvalue weighted by Crippen LogP contribution is 2.66. The van der Waals surface area contributed by atoms with E-state index in [1.807, 2.05) is 24.3 Å². The van der Waals surface area contributed by atoms with Crippen molar-refractivity contribution in [1.29, 1.82) is 5.26 Å². The minimum Gasteiger partial charge on any atom is -0.313 e. The number of halogens is 1. The van der Waals surface area contributed by atoms with E-state index in [1.165, 1.54) is 31.2 Å². The molecule has 33 heavy (non-hydrogen) atoms. The van der Waals surface area contributed by atoms with Gasteiger partial charge in [0.1, 0.15) is 0 Å². The summed E-state index contributed by atoms with van der Waals surface area (Å²) in [7, 11) is 0. The largest absolute Gasteiger partial charge is 0.313 e. The first-order valence-corrected chi connectivity index (χ1v) is 12.5. The van der Waals surface area contributed by atoms with Crippen LogP contribution in [0, 0.1) is 24.2 Å². The SMILES string of the molecule is Cc1c(C(=O)CN2C3CCC4CCC432)c2ccc(CCCC#N)cc2n1-c1ccc(Cl)cc1. The van der Waals surface area contributed by atoms with Gasteiger partial charge in [0.15, 0.2) is 5.78 Å². The summed E-state index contributed by atoms with van der Waals surface area (Å²) in [5.41, 5.74) is 5.46. The Morgan fingerprint density at radius 3 is 2.70 bits per heavy atom. The predicted octanol–water partition coefficient (Wildman–Crippen LogP) is 6.25. The molecular weight excluding hydrogens is 430 g/mol. The summed E-state index contributed by atoms with van der Waals surface area (Å²) in [5, 5.41) is 10.6. The summed E-state index contributed by atoms with van der Waals surface area (Å²) in [6, 6.07) is 17.1. The minimum absolute atomic E-state index is 0.233. The van der Waals surface area contributed by atoms with Crippen LogP contribution in [0.3, 0.4) is 0 Å². The van der Waals surface area contributed by atoms with E-state index < -0.39 is 0 Å². The van der Waals surface area contributed by atoms with Crippen molar-refractivity contribution in [2.45, 2.75) is 63.5 Å². The number of piperidine rings is 1. The van der Waals surface area contributed by atoms with E-state index in [-0.39, 0.29) is 5.78 Å². The zero-order valence-corrected chi connectivity index (χ0v) is 19.7. The number of likely N-dealkylation sites (tertiary alicyclic amines) is 1. The Morgan fingerprint density at radius 2 is 2.00 bits per heavy atom. The van der Waals surface area contributed by atoms with E-state index in [1.54, 1.807) is 0 Å². The topological polar surface area (TPSA) is 48.8 Å². The maximum atomic E-state index is 13.7. The van der Waals surface area contributed by atoms with Gasteiger partial charge in [-0.2, -0.15) is 5.26 Å². The first-order chi connectivity index (χ1) is 16.0. The molecule has 1 aliphatic heterocycles. The van der Waals surface area contributed by atoms with Gasteiger partial charge in [-0.25, -0.2) is 0 Å². The van der Waals surface area contributed by atoms with Crippen molar-refractivity contribution >= 4 is 28.3 Å². The summed E-state index contributed by atoms with van der Waals surface area (Å²) >= 11 is 6.15. The molecule has 2 heterocycles. The molecule has 1 aromatic heterocycles. The van der Waals surface area contributed by atoms with E-state index in [4.69, 9.17) is 16.9 Å². The molecule has 6 rings (SSSR count). The lowest BCUT2D eigenvalue weighted by atomic mass is 9.74. The van der Waals surface area contributed by atoms with E-state index in [0.717, 1.165) is 46.6 Å². The number of hydrogen-bond acceptors (Lipinski definition) is 3. The number of unbranched alkanes of at least 4 members (excludes halogenated alkanes) is 1. The number of nitriles is 1. The zero-order chi connectivity index (χ0) is 22.7. The highest BCUT2D eigenvalue weighted by atomic mass is 35.5. The molecule has 0 amide bonds. The van der Waals surface area contributed by atoms with Crippen molar-refractivity contribution in [3.05, 3.63) is 64.3 Å². The molecule has 3 fully saturated rings. The van der Waals surface area contributed by atoms with Gasteiger partial charge in [0.05, 0.1) is 18.1 Å². The zero-order valence-electron chi connectivity index (χ0n) is 19.0. The molecule has 0 bridgehead atoms. The molecular formula is C28H28ClN3O. The number of rotatable bonds is 7. The van der Waals surface area contributed by atoms with Crippen LogP contribution in [0.5, 0.6) is 0 Å². The van der Waals surface area contributed by atoms with Gasteiger partial charge in [-0.15, -0.1) is 0 Å². The fourth-order valence-corrected chi connectivity index (χ4v) is 6.98. The number of benzene rings is 2. The number of fused-ring (bicyclic) bond motifs is 1. The van der Waals surface area contributed by atoms with E-state index in [2.05, 4.69) is 40.7 Å². The maximum Gasteiger partial charge on any atom is 0.179 e. The number of nitrogens with zero attached hydrogens (tertiary/aromatic N) is 3. The molecule has 1 spiro atoms. The second-order valence-electron chi connectivity index (χ2n) is 10.0. The smallest absolute Gasteiger partial charge is 0.179 e. The quantitative estimate of drug-likeness (QED) is 0.239. The average molecular weight is 458 g/mol. The van der Waals surface area contributed by atoms with Crippen molar-refractivity contribution in [2.24, 2.45) is 5.92 Å². The van der Waals surface area contributed by atoms with Crippen LogP contribution in [-0.2, 0) is 6.42 Å². The molecule has 2 saturated carbocycles. The first-order valence-electron chi connectivity index (χ1n) is 12.1. The average Bonchev–Trinajstić information content (AvgIpc) is 3.23. The third kappa shape index (κ3) is 3.10. The second-order valence-corrected chi connectivity index (χ2v) is 10.4. The highest BCUT2D eigenvalue weighted by molar-refractivity contribution is 6.30. The molecule has 2 aromatic carbocycles. The third-order valence-electron chi connectivity index (χ3n) is 8.51. The number of Topliss-reactive ketones (excluding diaryl/α,β-unsaturated/α-hetero) is 1. The summed E-state index contributed by atoms with van der Waals surface area (Å²) < 4.78 is 2.19. The number of hydrogen-bond donors (Lipinski definition) is 0. The van der Waals surface area contributed by atoms with Gasteiger partial charge in [-0.05, 0) is 87.3 Å². The fourth-order valence-electron chi connectivity index (χ4n) is 6.85. The van der Waals surface area contributed by atoms with Crippen molar-refractivity contribution < 1.29 is 4.79 Å². The van der Waals surface area contributed by atoms with Gasteiger partial charge in [-0.1, -0.05) is 23.7 Å². The Morgan fingerprint density at radius 1 is 1.18 bits per heavy atom. The van der Waals surface area contributed by atoms with Gasteiger partial charge in [0.25, 0.3) is 0 Å². The van der Waals surface area contributed by atoms with Crippen LogP contribution in [0.25, 0.3) is 16.6 Å². The standard InChI is InChI=1S/C28H28ClN3O/c1-18-27(25(33)17-31-26-12-6-20-13-14-28(20,26)31)23-11-5-19(4-2-3-15-30)16-24(23)32(18)22-9-7-21(29)8-10-22/h5,7-11,16,20,26H,2-4,6,12-14,17H2,1H3. The van der Waals surface area contributed by atoms with Gasteiger partial charge < -0.3 is 4.57 Å². The van der Waals surface area contributed by atoms with E-state index >= 15 is 0 Å². The highest BCUT2D eigenvalue weighted by Gasteiger charge is 2.73. The Labute approximate surface area is 199 Å². The molecule has 5 heteroatoms. The maximum absolute atomic E-state index is 13.7. The number of ketones is 1. The number of aryl methyl sites for hydroxylation is 1. The van der Waals surface area contributed by atoms with Crippen LogP contribution in [0.4, 0.5) is 0 Å². The second kappa shape index (κ2) is 7.72. The Bertz CT molecular complexity index is 1300. The molecule has 4 unspecified atom stereocenters. The predicted molar refractivity (Wildman–Crippen MR) is 131 cm³/mol. The summed E-state index contributed by atoms with van der Waals surface area (Å²) in [5.74, 6) is 1.06. The molecule has 168 valence electrons. The van der Waals surface area contributed by atoms with Crippen molar-refractivity contribution in [2.75, 3.05) is 6.54 Å². The van der Waals surface area contributed by atoms with Crippen LogP contribution >= 0.6 is 11.6 Å². The van der Waals surface area contributed by atoms with Crippen LogP contribution in [0.15, 0.2) is 42.5 Å². The number of aromatic nitrogens is 1. The minimum atomic E-state index is 0.233. The Hall–Kier alpha value is -2.61. The summed E-state index contributed by atoms with van der Waals surface area (Å²) in [6.45, 7) is 2.59. The lowest BCUT2D eigenvalue weighted by molar-refractivity contribution is 0.0916. The molecule has 2 aliphatic carbocycles. The summed E-state index contributed by atoms with van der Waals surface area (Å²) in [4.78, 5) is 16.2. The van der Waals surface area contributed by atoms with Crippen molar-refractivity contribution in [3.8, 4) is 11.8 Å². The van der Waals surface area contributed by atoms with Crippen LogP contribution in [0.2, 0.25) is 5.02 Å². The monoisotopic (exact) mass is 457 g/mol. The van der Waals surface area contributed by atoms with Gasteiger partial charge in [0.2, 0.25) is 0 Å². The lowest BCUT2D eigenvalue weighted by Gasteiger charge is -2.35. The molecule has 3 aliphatic rings. The Kier molecular flexibility index (Phi) is 4.90. The van der Waals surface area contributed by atoms with Gasteiger partial charge in [-0.3, -0.25) is 9.69 Å². The molecule has 0 N–H and O–H groups in total. The van der Waals surface area contributed by atoms with Crippen LogP contribution < -0.4 is 0 Å². The number of carbonyl (C=O) groups excluding carboxylic acids is 1. The molecule has 4 atom stereocenters. The Balaban J connectivity index is 1.39. The lowest BCUT2D eigenvalue weighted by Crippen LogP contribution is -2.38. The van der Waals surface area contributed by atoms with E-state index in [0.29, 0.717) is 29.6 Å². The molecule has 1 saturated heterocycles. The molecule has 4 nitrogen and oxygen atoms in total. The summed E-state index contributed by atoms with van der Waals surface area (Å²) in [6.07, 6.45) is 7.47. The van der Waals surface area contributed by atoms with Crippen LogP contribution in [-0.4, -0.2) is 33.4 Å². The van der Waals surface area contributed by atoms with Crippen LogP contribution in [0.1, 0.15) is 60.1 Å². The third-order valence-corrected chi connectivity index (χ3v) is 8.76. The molecule has 0 radical (unpaired) electrons. The normalized spacial score (nSPS) is 27.0. The van der Waals surface area contributed by atoms with E-state index in [9.17, 15) is 4.79 Å². The fraction of sp³-hybridized carbons (Fsp3) is 0.429. The van der Waals surface area contributed by atoms with Crippen molar-refractivity contribution in [3.63, 3.8) is 0 Å². The van der Waals surface area contributed by atoms with Crippen molar-refractivity contribution in [1.82, 2.24) is 9.47 Å². The number of carbonyl (C=O) groups is 1. The first kappa shape index (κ1) is 21.0. The van der Waals surface area contributed by atoms with Gasteiger partial charge in [0, 0.05) is 45.4 Å².